The first kappa shape index (κ1) is 22.6. The van der Waals surface area contributed by atoms with E-state index in [1.807, 2.05) is 38.2 Å². The summed E-state index contributed by atoms with van der Waals surface area (Å²) < 4.78 is 35.4. The first-order chi connectivity index (χ1) is 15.7. The van der Waals surface area contributed by atoms with E-state index in [-0.39, 0.29) is 4.90 Å². The Labute approximate surface area is 192 Å². The second-order valence-electron chi connectivity index (χ2n) is 7.58. The van der Waals surface area contributed by atoms with Gasteiger partial charge in [-0.15, -0.1) is 0 Å². The number of nitrogens with two attached hydrogens (primary N) is 1. The number of sulfonamides is 1. The fraction of sp³-hybridized carbons (Fsp3) is 0.217. The molecule has 3 N–H and O–H groups in total. The fourth-order valence-corrected chi connectivity index (χ4v) is 4.18. The molecule has 0 saturated heterocycles. The highest BCUT2D eigenvalue weighted by molar-refractivity contribution is 7.89. The number of aryl methyl sites for hydroxylation is 2. The summed E-state index contributed by atoms with van der Waals surface area (Å²) in [4.78, 5) is 4.88. The van der Waals surface area contributed by atoms with E-state index in [4.69, 9.17) is 19.6 Å². The number of aromatic nitrogens is 3. The average Bonchev–Trinajstić information content (AvgIpc) is 3.11. The number of anilines is 1. The molecule has 9 nitrogen and oxygen atoms in total. The van der Waals surface area contributed by atoms with E-state index in [2.05, 4.69) is 10.4 Å². The van der Waals surface area contributed by atoms with Gasteiger partial charge in [0.05, 0.1) is 42.4 Å². The van der Waals surface area contributed by atoms with Gasteiger partial charge in [0.15, 0.2) is 17.1 Å². The second kappa shape index (κ2) is 8.72. The summed E-state index contributed by atoms with van der Waals surface area (Å²) >= 11 is 0. The fourth-order valence-electron chi connectivity index (χ4n) is 3.66. The third kappa shape index (κ3) is 4.48. The number of nitrogens with one attached hydrogen (secondary N) is 1. The molecule has 0 radical (unpaired) electrons. The van der Waals surface area contributed by atoms with E-state index >= 15 is 0 Å². The molecule has 4 rings (SSSR count). The van der Waals surface area contributed by atoms with Crippen molar-refractivity contribution in [2.75, 3.05) is 19.5 Å². The van der Waals surface area contributed by atoms with Gasteiger partial charge in [-0.05, 0) is 49.2 Å². The number of hydrogen-bond donors (Lipinski definition) is 2. The number of methoxy groups -OCH3 is 2. The SMILES string of the molecule is COc1ccc(-c2c(C)nn3cc(NCc4ccc(S(N)(=O)=O)cc4)c(C)nc23)cc1OC. The van der Waals surface area contributed by atoms with Gasteiger partial charge in [-0.25, -0.2) is 23.1 Å². The second-order valence-corrected chi connectivity index (χ2v) is 9.14. The largest absolute Gasteiger partial charge is 0.493 e. The zero-order valence-corrected chi connectivity index (χ0v) is 19.6. The van der Waals surface area contributed by atoms with Gasteiger partial charge in [-0.1, -0.05) is 18.2 Å². The summed E-state index contributed by atoms with van der Waals surface area (Å²) in [6.07, 6.45) is 1.90. The van der Waals surface area contributed by atoms with Crippen molar-refractivity contribution in [1.29, 1.82) is 0 Å². The van der Waals surface area contributed by atoms with Crippen LogP contribution in [0.1, 0.15) is 17.0 Å². The van der Waals surface area contributed by atoms with Gasteiger partial charge in [0.1, 0.15) is 0 Å². The Balaban J connectivity index is 1.64. The number of ether oxygens (including phenoxy) is 2. The Bertz CT molecular complexity index is 1430. The quantitative estimate of drug-likeness (QED) is 0.428. The third-order valence-electron chi connectivity index (χ3n) is 5.38. The van der Waals surface area contributed by atoms with Crippen LogP contribution >= 0.6 is 0 Å². The smallest absolute Gasteiger partial charge is 0.238 e. The van der Waals surface area contributed by atoms with Crippen molar-refractivity contribution in [1.82, 2.24) is 14.6 Å². The molecule has 0 fully saturated rings. The van der Waals surface area contributed by atoms with Crippen molar-refractivity contribution in [2.24, 2.45) is 5.14 Å². The molecule has 2 heterocycles. The number of primary sulfonamides is 1. The van der Waals surface area contributed by atoms with E-state index < -0.39 is 10.0 Å². The minimum absolute atomic E-state index is 0.0835. The number of benzene rings is 2. The topological polar surface area (TPSA) is 121 Å². The molecular formula is C23H25N5O4S. The Morgan fingerprint density at radius 2 is 1.70 bits per heavy atom. The molecule has 0 aliphatic rings. The first-order valence-electron chi connectivity index (χ1n) is 10.2. The van der Waals surface area contributed by atoms with Crippen LogP contribution in [0.5, 0.6) is 11.5 Å². The lowest BCUT2D eigenvalue weighted by atomic mass is 10.1. The van der Waals surface area contributed by atoms with Gasteiger partial charge in [-0.2, -0.15) is 5.10 Å². The summed E-state index contributed by atoms with van der Waals surface area (Å²) in [5.74, 6) is 1.29. The van der Waals surface area contributed by atoms with Gasteiger partial charge >= 0.3 is 0 Å². The molecule has 0 aliphatic carbocycles. The molecule has 10 heteroatoms. The number of fused-ring (bicyclic) bond motifs is 1. The van der Waals surface area contributed by atoms with Crippen LogP contribution in [0.3, 0.4) is 0 Å². The van der Waals surface area contributed by atoms with Crippen molar-refractivity contribution in [2.45, 2.75) is 25.3 Å². The van der Waals surface area contributed by atoms with Crippen molar-refractivity contribution < 1.29 is 17.9 Å². The lowest BCUT2D eigenvalue weighted by molar-refractivity contribution is 0.355. The maximum absolute atomic E-state index is 11.4. The lowest BCUT2D eigenvalue weighted by Crippen LogP contribution is -2.12. The van der Waals surface area contributed by atoms with E-state index in [0.717, 1.165) is 39.4 Å². The monoisotopic (exact) mass is 467 g/mol. The first-order valence-corrected chi connectivity index (χ1v) is 11.7. The van der Waals surface area contributed by atoms with E-state index in [1.165, 1.54) is 12.1 Å². The molecule has 0 aliphatic heterocycles. The summed E-state index contributed by atoms with van der Waals surface area (Å²) in [7, 11) is -0.500. The van der Waals surface area contributed by atoms with Crippen LogP contribution in [-0.4, -0.2) is 37.2 Å². The van der Waals surface area contributed by atoms with Gasteiger partial charge < -0.3 is 14.8 Å². The molecule has 4 aromatic rings. The van der Waals surface area contributed by atoms with Crippen LogP contribution < -0.4 is 19.9 Å². The molecule has 172 valence electrons. The van der Waals surface area contributed by atoms with Crippen LogP contribution in [-0.2, 0) is 16.6 Å². The van der Waals surface area contributed by atoms with E-state index in [0.29, 0.717) is 18.0 Å². The van der Waals surface area contributed by atoms with Crippen molar-refractivity contribution in [3.63, 3.8) is 0 Å². The molecule has 33 heavy (non-hydrogen) atoms. The summed E-state index contributed by atoms with van der Waals surface area (Å²) in [6.45, 7) is 4.35. The molecule has 2 aromatic carbocycles. The Morgan fingerprint density at radius 3 is 2.33 bits per heavy atom. The van der Waals surface area contributed by atoms with E-state index in [9.17, 15) is 8.42 Å². The average molecular weight is 468 g/mol. The van der Waals surface area contributed by atoms with E-state index in [1.54, 1.807) is 30.9 Å². The molecule has 0 atom stereocenters. The maximum atomic E-state index is 11.4. The molecule has 0 saturated carbocycles. The van der Waals surface area contributed by atoms with Crippen LogP contribution in [0.2, 0.25) is 0 Å². The summed E-state index contributed by atoms with van der Waals surface area (Å²) in [5, 5.41) is 13.1. The number of hydrogen-bond acceptors (Lipinski definition) is 7. The normalized spacial score (nSPS) is 11.5. The molecular weight excluding hydrogens is 442 g/mol. The van der Waals surface area contributed by atoms with Gasteiger partial charge in [0.25, 0.3) is 0 Å². The lowest BCUT2D eigenvalue weighted by Gasteiger charge is -2.11. The summed E-state index contributed by atoms with van der Waals surface area (Å²) in [6, 6.07) is 12.2. The molecule has 0 unspecified atom stereocenters. The van der Waals surface area contributed by atoms with Crippen molar-refractivity contribution in [3.05, 3.63) is 65.6 Å². The highest BCUT2D eigenvalue weighted by Gasteiger charge is 2.17. The zero-order chi connectivity index (χ0) is 23.8. The van der Waals surface area contributed by atoms with Gasteiger partial charge in [-0.3, -0.25) is 0 Å². The third-order valence-corrected chi connectivity index (χ3v) is 6.31. The standard InChI is InChI=1S/C23H25N5O4S/c1-14-19(25-12-16-5-8-18(9-6-16)33(24,29)30)13-28-23(26-14)22(15(2)27-28)17-7-10-20(31-3)21(11-17)32-4/h5-11,13,25H,12H2,1-4H3,(H2,24,29,30). The van der Waals surface area contributed by atoms with Crippen molar-refractivity contribution >= 4 is 21.4 Å². The molecule has 0 amide bonds. The number of nitrogens with zero attached hydrogens (tertiary/aromatic N) is 3. The maximum Gasteiger partial charge on any atom is 0.238 e. The minimum atomic E-state index is -3.71. The Morgan fingerprint density at radius 1 is 1.00 bits per heavy atom. The predicted molar refractivity (Wildman–Crippen MR) is 126 cm³/mol. The molecule has 0 spiro atoms. The Kier molecular flexibility index (Phi) is 5.96. The predicted octanol–water partition coefficient (Wildman–Crippen LogP) is 3.29. The van der Waals surface area contributed by atoms with Crippen molar-refractivity contribution in [3.8, 4) is 22.6 Å². The van der Waals surface area contributed by atoms with Gasteiger partial charge in [0, 0.05) is 12.1 Å². The van der Waals surface area contributed by atoms with Crippen LogP contribution in [0.25, 0.3) is 16.8 Å². The number of rotatable bonds is 7. The zero-order valence-electron chi connectivity index (χ0n) is 18.8. The molecule has 2 aromatic heterocycles. The summed E-state index contributed by atoms with van der Waals surface area (Å²) in [5.41, 5.74) is 5.96. The molecule has 0 bridgehead atoms. The Hall–Kier alpha value is -3.63. The van der Waals surface area contributed by atoms with Crippen LogP contribution in [0, 0.1) is 13.8 Å². The van der Waals surface area contributed by atoms with Crippen LogP contribution in [0.15, 0.2) is 53.6 Å². The highest BCUT2D eigenvalue weighted by Crippen LogP contribution is 2.35. The minimum Gasteiger partial charge on any atom is -0.493 e. The highest BCUT2D eigenvalue weighted by atomic mass is 32.2. The van der Waals surface area contributed by atoms with Crippen LogP contribution in [0.4, 0.5) is 5.69 Å². The van der Waals surface area contributed by atoms with Gasteiger partial charge in [0.2, 0.25) is 10.0 Å².